The highest BCUT2D eigenvalue weighted by Crippen LogP contribution is 2.52. The molecule has 270 valence electrons. The Labute approximate surface area is 301 Å². The molecule has 6 rings (SSSR count). The number of piperazine rings is 1. The Hall–Kier alpha value is -4.51. The molecule has 1 atom stereocenters. The van der Waals surface area contributed by atoms with Crippen molar-refractivity contribution in [1.82, 2.24) is 24.6 Å². The van der Waals surface area contributed by atoms with Gasteiger partial charge in [0.2, 0.25) is 5.88 Å². The summed E-state index contributed by atoms with van der Waals surface area (Å²) in [4.78, 5) is 43.1. The summed E-state index contributed by atoms with van der Waals surface area (Å²) >= 11 is 0. The number of sulfonamides is 1. The van der Waals surface area contributed by atoms with Gasteiger partial charge >= 0.3 is 6.03 Å². The van der Waals surface area contributed by atoms with Crippen LogP contribution in [0.3, 0.4) is 0 Å². The average molecular weight is 714 g/mol. The molecule has 3 aliphatic rings. The van der Waals surface area contributed by atoms with E-state index >= 15 is 9.59 Å². The molecule has 3 amide bonds. The maximum Gasteiger partial charge on any atom is 0.321 e. The van der Waals surface area contributed by atoms with E-state index in [4.69, 9.17) is 4.74 Å². The van der Waals surface area contributed by atoms with Gasteiger partial charge in [-0.25, -0.2) is 18.2 Å². The second-order valence-electron chi connectivity index (χ2n) is 13.3. The fourth-order valence-electron chi connectivity index (χ4n) is 7.87. The number of hydrogen-bond acceptors (Lipinski definition) is 9. The SMILES string of the molecule is CCCN1CCC(N2CCN(C(=O)N(CCC)C3(c4cccnc4OCC)C(=O)N(S(=O)(=O)c4ccccc4)c4ccc(C#N)cc43)CC2)CC1. The van der Waals surface area contributed by atoms with Gasteiger partial charge in [0.25, 0.3) is 15.9 Å². The van der Waals surface area contributed by atoms with Gasteiger partial charge in [-0.1, -0.05) is 32.0 Å². The normalized spacial score (nSPS) is 20.2. The maximum atomic E-state index is 15.5. The second kappa shape index (κ2) is 15.4. The molecule has 0 spiro atoms. The molecule has 12 nitrogen and oxygen atoms in total. The van der Waals surface area contributed by atoms with E-state index in [1.54, 1.807) is 42.2 Å². The first-order valence-corrected chi connectivity index (χ1v) is 19.5. The smallest absolute Gasteiger partial charge is 0.321 e. The molecule has 1 unspecified atom stereocenters. The van der Waals surface area contributed by atoms with Crippen molar-refractivity contribution in [3.05, 3.63) is 83.6 Å². The number of fused-ring (bicyclic) bond motifs is 1. The molecular formula is C38H47N7O5S. The summed E-state index contributed by atoms with van der Waals surface area (Å²) in [7, 11) is -4.47. The monoisotopic (exact) mass is 713 g/mol. The number of nitriles is 1. The Morgan fingerprint density at radius 2 is 1.69 bits per heavy atom. The van der Waals surface area contributed by atoms with Crippen LogP contribution in [0.4, 0.5) is 10.5 Å². The van der Waals surface area contributed by atoms with Gasteiger partial charge in [-0.05, 0) is 94.7 Å². The Morgan fingerprint density at radius 1 is 0.961 bits per heavy atom. The lowest BCUT2D eigenvalue weighted by atomic mass is 9.81. The number of amides is 3. The van der Waals surface area contributed by atoms with Gasteiger partial charge in [-0.15, -0.1) is 0 Å². The summed E-state index contributed by atoms with van der Waals surface area (Å²) in [6, 6.07) is 17.8. The average Bonchev–Trinajstić information content (AvgIpc) is 3.42. The fraction of sp³-hybridized carbons (Fsp3) is 0.474. The molecule has 2 fully saturated rings. The highest BCUT2D eigenvalue weighted by Gasteiger charge is 2.62. The molecule has 3 aromatic rings. The number of pyridine rings is 1. The number of likely N-dealkylation sites (tertiary alicyclic amines) is 1. The van der Waals surface area contributed by atoms with E-state index in [1.807, 2.05) is 6.92 Å². The third-order valence-electron chi connectivity index (χ3n) is 10.2. The van der Waals surface area contributed by atoms with Crippen molar-refractivity contribution in [2.45, 2.75) is 62.9 Å². The molecule has 0 radical (unpaired) electrons. The molecule has 0 N–H and O–H groups in total. The minimum Gasteiger partial charge on any atom is -0.478 e. The predicted molar refractivity (Wildman–Crippen MR) is 194 cm³/mol. The van der Waals surface area contributed by atoms with Gasteiger partial charge in [0.15, 0.2) is 5.54 Å². The van der Waals surface area contributed by atoms with Crippen molar-refractivity contribution < 1.29 is 22.7 Å². The van der Waals surface area contributed by atoms with E-state index in [-0.39, 0.29) is 52.3 Å². The lowest BCUT2D eigenvalue weighted by molar-refractivity contribution is -0.125. The van der Waals surface area contributed by atoms with Crippen molar-refractivity contribution in [2.24, 2.45) is 0 Å². The van der Waals surface area contributed by atoms with Crippen LogP contribution in [0.25, 0.3) is 0 Å². The van der Waals surface area contributed by atoms with E-state index in [0.717, 1.165) is 43.2 Å². The lowest BCUT2D eigenvalue weighted by Crippen LogP contribution is -2.62. The van der Waals surface area contributed by atoms with Crippen LogP contribution in [0.2, 0.25) is 0 Å². The number of carbonyl (C=O) groups is 2. The molecule has 0 saturated carbocycles. The van der Waals surface area contributed by atoms with Crippen LogP contribution < -0.4 is 9.04 Å². The highest BCUT2D eigenvalue weighted by molar-refractivity contribution is 7.93. The number of benzene rings is 2. The molecule has 2 aromatic carbocycles. The molecule has 1 aromatic heterocycles. The first-order valence-electron chi connectivity index (χ1n) is 18.0. The van der Waals surface area contributed by atoms with E-state index in [9.17, 15) is 13.7 Å². The Morgan fingerprint density at radius 3 is 2.33 bits per heavy atom. The van der Waals surface area contributed by atoms with Crippen molar-refractivity contribution in [3.8, 4) is 11.9 Å². The van der Waals surface area contributed by atoms with Gasteiger partial charge in [-0.2, -0.15) is 9.57 Å². The number of hydrogen-bond donors (Lipinski definition) is 0. The molecule has 0 bridgehead atoms. The summed E-state index contributed by atoms with van der Waals surface area (Å²) in [6.45, 7) is 11.8. The Balaban J connectivity index is 1.45. The number of anilines is 1. The van der Waals surface area contributed by atoms with E-state index < -0.39 is 21.5 Å². The van der Waals surface area contributed by atoms with Gasteiger partial charge in [0.1, 0.15) is 0 Å². The standard InChI is InChI=1S/C38H47N7O5S/c1-4-19-41-21-16-30(17-22-41)42-23-25-43(26-24-42)37(47)44(20-5-2)38(32-13-10-18-40-35(32)50-6-3)33-27-29(28-39)14-15-34(33)45(36(38)46)51(48,49)31-11-8-7-9-12-31/h7-15,18,27,30H,4-6,16-17,19-26H2,1-3H3. The summed E-state index contributed by atoms with van der Waals surface area (Å²) in [5.74, 6) is -0.751. The molecular weight excluding hydrogens is 667 g/mol. The zero-order chi connectivity index (χ0) is 36.2. The number of urea groups is 1. The summed E-state index contributed by atoms with van der Waals surface area (Å²) in [5, 5.41) is 10.0. The van der Waals surface area contributed by atoms with Gasteiger partial charge in [0, 0.05) is 50.5 Å². The predicted octanol–water partition coefficient (Wildman–Crippen LogP) is 4.66. The zero-order valence-electron chi connectivity index (χ0n) is 29.7. The molecule has 2 saturated heterocycles. The molecule has 4 heterocycles. The minimum atomic E-state index is -4.47. The van der Waals surface area contributed by atoms with E-state index in [2.05, 4.69) is 27.8 Å². The van der Waals surface area contributed by atoms with Crippen molar-refractivity contribution in [2.75, 3.05) is 63.3 Å². The Kier molecular flexibility index (Phi) is 10.9. The largest absolute Gasteiger partial charge is 0.478 e. The lowest BCUT2D eigenvalue weighted by Gasteiger charge is -2.46. The third-order valence-corrected chi connectivity index (χ3v) is 11.9. The summed E-state index contributed by atoms with van der Waals surface area (Å²) < 4.78 is 35.7. The van der Waals surface area contributed by atoms with Crippen LogP contribution in [0, 0.1) is 11.3 Å². The topological polar surface area (TPSA) is 130 Å². The Bertz CT molecular complexity index is 1870. The number of piperidine rings is 1. The van der Waals surface area contributed by atoms with Crippen molar-refractivity contribution in [3.63, 3.8) is 0 Å². The number of carbonyl (C=O) groups excluding carboxylic acids is 2. The number of rotatable bonds is 11. The second-order valence-corrected chi connectivity index (χ2v) is 15.0. The summed E-state index contributed by atoms with van der Waals surface area (Å²) in [5.41, 5.74) is -1.28. The summed E-state index contributed by atoms with van der Waals surface area (Å²) in [6.07, 6.45) is 5.34. The first kappa shape index (κ1) is 36.3. The molecule has 0 aliphatic carbocycles. The van der Waals surface area contributed by atoms with Crippen LogP contribution in [-0.4, -0.2) is 110 Å². The maximum absolute atomic E-state index is 15.5. The zero-order valence-corrected chi connectivity index (χ0v) is 30.5. The van der Waals surface area contributed by atoms with Crippen molar-refractivity contribution in [1.29, 1.82) is 5.26 Å². The van der Waals surface area contributed by atoms with E-state index in [1.165, 1.54) is 41.4 Å². The molecule has 3 aliphatic heterocycles. The van der Waals surface area contributed by atoms with Crippen molar-refractivity contribution >= 4 is 27.6 Å². The number of nitrogens with zero attached hydrogens (tertiary/aromatic N) is 7. The number of aromatic nitrogens is 1. The molecule has 13 heteroatoms. The van der Waals surface area contributed by atoms with Gasteiger partial charge < -0.3 is 19.4 Å². The molecule has 51 heavy (non-hydrogen) atoms. The van der Waals surface area contributed by atoms with Crippen LogP contribution in [-0.2, 0) is 20.4 Å². The quantitative estimate of drug-likeness (QED) is 0.279. The van der Waals surface area contributed by atoms with Crippen LogP contribution in [0.1, 0.15) is 63.1 Å². The van der Waals surface area contributed by atoms with Gasteiger partial charge in [-0.3, -0.25) is 9.69 Å². The highest BCUT2D eigenvalue weighted by atomic mass is 32.2. The third kappa shape index (κ3) is 6.56. The van der Waals surface area contributed by atoms with Crippen LogP contribution in [0.15, 0.2) is 71.8 Å². The van der Waals surface area contributed by atoms with Crippen LogP contribution >= 0.6 is 0 Å². The van der Waals surface area contributed by atoms with Crippen LogP contribution in [0.5, 0.6) is 5.88 Å². The first-order chi connectivity index (χ1) is 24.7. The minimum absolute atomic E-state index is 0.0716. The van der Waals surface area contributed by atoms with Gasteiger partial charge in [0.05, 0.1) is 34.4 Å². The fourth-order valence-corrected chi connectivity index (χ4v) is 9.35. The van der Waals surface area contributed by atoms with E-state index in [0.29, 0.717) is 38.6 Å². The number of ether oxygens (including phenoxy) is 1.